The molecule has 0 radical (unpaired) electrons. The third-order valence-electron chi connectivity index (χ3n) is 2.47. The molecule has 0 aliphatic carbocycles. The summed E-state index contributed by atoms with van der Waals surface area (Å²) in [6.45, 7) is 2.78. The number of phosphoric acid groups is 1. The van der Waals surface area contributed by atoms with Crippen molar-refractivity contribution in [2.24, 2.45) is 0 Å². The normalized spacial score (nSPS) is 20.3. The van der Waals surface area contributed by atoms with Crippen LogP contribution in [0.4, 0.5) is 0 Å². The first-order chi connectivity index (χ1) is 6.83. The molecule has 1 fully saturated rings. The lowest BCUT2D eigenvalue weighted by Crippen LogP contribution is -2.43. The molecule has 0 N–H and O–H groups in total. The monoisotopic (exact) mass is 239 g/mol. The second-order valence-electron chi connectivity index (χ2n) is 4.26. The molecule has 0 spiro atoms. The molecule has 0 unspecified atom stereocenters. The number of quaternary nitrogens is 1. The van der Waals surface area contributed by atoms with Crippen molar-refractivity contribution < 1.29 is 23.0 Å². The van der Waals surface area contributed by atoms with E-state index in [0.29, 0.717) is 0 Å². The van der Waals surface area contributed by atoms with Gasteiger partial charge in [0.15, 0.2) is 0 Å². The third kappa shape index (κ3) is 7.94. The molecule has 6 heteroatoms. The van der Waals surface area contributed by atoms with Crippen LogP contribution >= 0.6 is 7.82 Å². The van der Waals surface area contributed by atoms with Gasteiger partial charge in [-0.05, 0) is 19.3 Å². The van der Waals surface area contributed by atoms with E-state index in [1.807, 2.05) is 0 Å². The molecule has 92 valence electrons. The standard InChI is InChI=1S/C7H16N.C2H7O4P/c1-8(2)6-4-3-5-7-8;1-5-7(3,4)6-2/h3-7H2,1-2H3;1-2H3,(H,3,4)/q+1;/p-1. The van der Waals surface area contributed by atoms with Gasteiger partial charge in [-0.1, -0.05) is 0 Å². The minimum Gasteiger partial charge on any atom is -0.756 e. The Morgan fingerprint density at radius 1 is 1.07 bits per heavy atom. The number of piperidine rings is 1. The fraction of sp³-hybridized carbons (Fsp3) is 1.00. The van der Waals surface area contributed by atoms with Crippen molar-refractivity contribution in [2.45, 2.75) is 19.3 Å². The zero-order valence-electron chi connectivity index (χ0n) is 10.1. The summed E-state index contributed by atoms with van der Waals surface area (Å²) in [5.74, 6) is 0. The Labute approximate surface area is 92.2 Å². The van der Waals surface area contributed by atoms with E-state index in [0.717, 1.165) is 14.2 Å². The van der Waals surface area contributed by atoms with Crippen LogP contribution < -0.4 is 4.89 Å². The minimum absolute atomic E-state index is 1.04. The minimum atomic E-state index is -3.90. The van der Waals surface area contributed by atoms with Gasteiger partial charge in [0.25, 0.3) is 7.82 Å². The first kappa shape index (κ1) is 15.1. The Hall–Kier alpha value is 0.0700. The Morgan fingerprint density at radius 3 is 1.60 bits per heavy atom. The van der Waals surface area contributed by atoms with Crippen LogP contribution in [0.25, 0.3) is 0 Å². The number of nitrogens with zero attached hydrogens (tertiary/aromatic N) is 1. The lowest BCUT2D eigenvalue weighted by atomic mass is 10.1. The summed E-state index contributed by atoms with van der Waals surface area (Å²) in [5, 5.41) is 0. The molecule has 0 bridgehead atoms. The highest BCUT2D eigenvalue weighted by Gasteiger charge is 2.17. The van der Waals surface area contributed by atoms with E-state index in [9.17, 15) is 9.46 Å². The average molecular weight is 239 g/mol. The molecule has 1 aliphatic heterocycles. The number of phosphoric ester groups is 1. The van der Waals surface area contributed by atoms with Crippen LogP contribution in [0.15, 0.2) is 0 Å². The number of likely N-dealkylation sites (tertiary alicyclic amines) is 1. The van der Waals surface area contributed by atoms with Crippen LogP contribution in [0.3, 0.4) is 0 Å². The van der Waals surface area contributed by atoms with Gasteiger partial charge < -0.3 is 18.4 Å². The van der Waals surface area contributed by atoms with Gasteiger partial charge in [-0.2, -0.15) is 0 Å². The van der Waals surface area contributed by atoms with Gasteiger partial charge in [0, 0.05) is 14.2 Å². The Balaban J connectivity index is 0.000000265. The quantitative estimate of drug-likeness (QED) is 0.532. The topological polar surface area (TPSA) is 58.6 Å². The van der Waals surface area contributed by atoms with Crippen LogP contribution in [0, 0.1) is 0 Å². The molecular weight excluding hydrogens is 217 g/mol. The number of hydrogen-bond acceptors (Lipinski definition) is 4. The number of hydrogen-bond donors (Lipinski definition) is 0. The first-order valence-corrected chi connectivity index (χ1v) is 6.53. The Kier molecular flexibility index (Phi) is 6.64. The van der Waals surface area contributed by atoms with Crippen molar-refractivity contribution in [1.82, 2.24) is 0 Å². The molecule has 0 aromatic heterocycles. The van der Waals surface area contributed by atoms with E-state index >= 15 is 0 Å². The number of rotatable bonds is 2. The zero-order chi connectivity index (χ0) is 11.9. The average Bonchev–Trinajstić information content (AvgIpc) is 2.18. The van der Waals surface area contributed by atoms with Crippen LogP contribution in [0.2, 0.25) is 0 Å². The second-order valence-corrected chi connectivity index (χ2v) is 5.88. The van der Waals surface area contributed by atoms with Crippen molar-refractivity contribution in [2.75, 3.05) is 41.4 Å². The first-order valence-electron chi connectivity index (χ1n) is 5.07. The Morgan fingerprint density at radius 2 is 1.47 bits per heavy atom. The van der Waals surface area contributed by atoms with Crippen molar-refractivity contribution in [3.63, 3.8) is 0 Å². The fourth-order valence-corrected chi connectivity index (χ4v) is 1.59. The molecule has 0 aromatic rings. The SMILES string of the molecule is COP(=O)([O-])OC.C[N+]1(C)CCCCC1. The molecule has 1 rings (SSSR count). The second kappa shape index (κ2) is 6.61. The van der Waals surface area contributed by atoms with Crippen LogP contribution in [0.1, 0.15) is 19.3 Å². The van der Waals surface area contributed by atoms with E-state index in [4.69, 9.17) is 0 Å². The maximum atomic E-state index is 9.95. The van der Waals surface area contributed by atoms with E-state index < -0.39 is 7.82 Å². The van der Waals surface area contributed by atoms with Gasteiger partial charge in [0.1, 0.15) is 0 Å². The predicted molar refractivity (Wildman–Crippen MR) is 57.3 cm³/mol. The summed E-state index contributed by atoms with van der Waals surface area (Å²) in [6.07, 6.45) is 4.34. The molecular formula is C9H22NO4P. The van der Waals surface area contributed by atoms with Gasteiger partial charge in [0.2, 0.25) is 0 Å². The lowest BCUT2D eigenvalue weighted by molar-refractivity contribution is -0.894. The summed E-state index contributed by atoms with van der Waals surface area (Å²) >= 11 is 0. The van der Waals surface area contributed by atoms with E-state index in [2.05, 4.69) is 23.1 Å². The molecule has 0 saturated carbocycles. The molecule has 1 aliphatic rings. The Bertz CT molecular complexity index is 204. The summed E-state index contributed by atoms with van der Waals surface area (Å²) in [7, 11) is 2.81. The molecule has 0 aromatic carbocycles. The molecule has 1 heterocycles. The van der Waals surface area contributed by atoms with Crippen LogP contribution in [-0.2, 0) is 13.6 Å². The van der Waals surface area contributed by atoms with Crippen molar-refractivity contribution in [3.05, 3.63) is 0 Å². The summed E-state index contributed by atoms with van der Waals surface area (Å²) in [4.78, 5) is 9.95. The largest absolute Gasteiger partial charge is 0.756 e. The maximum Gasteiger partial charge on any atom is 0.267 e. The zero-order valence-corrected chi connectivity index (χ0v) is 11.0. The summed E-state index contributed by atoms with van der Waals surface area (Å²) in [6, 6.07) is 0. The molecule has 0 atom stereocenters. The predicted octanol–water partition coefficient (Wildman–Crippen LogP) is 0.994. The van der Waals surface area contributed by atoms with Crippen LogP contribution in [-0.4, -0.2) is 45.9 Å². The smallest absolute Gasteiger partial charge is 0.267 e. The van der Waals surface area contributed by atoms with Gasteiger partial charge in [-0.3, -0.25) is 4.57 Å². The maximum absolute atomic E-state index is 9.95. The molecule has 15 heavy (non-hydrogen) atoms. The van der Waals surface area contributed by atoms with Crippen molar-refractivity contribution in [1.29, 1.82) is 0 Å². The highest BCUT2D eigenvalue weighted by Crippen LogP contribution is 2.34. The summed E-state index contributed by atoms with van der Waals surface area (Å²) in [5.41, 5.74) is 0. The highest BCUT2D eigenvalue weighted by molar-refractivity contribution is 7.45. The summed E-state index contributed by atoms with van der Waals surface area (Å²) < 4.78 is 18.9. The van der Waals surface area contributed by atoms with Crippen molar-refractivity contribution >= 4 is 7.82 Å². The molecule has 0 amide bonds. The van der Waals surface area contributed by atoms with E-state index in [1.54, 1.807) is 0 Å². The van der Waals surface area contributed by atoms with E-state index in [-0.39, 0.29) is 0 Å². The molecule has 5 nitrogen and oxygen atoms in total. The van der Waals surface area contributed by atoms with Gasteiger partial charge in [0.05, 0.1) is 27.2 Å². The van der Waals surface area contributed by atoms with Crippen molar-refractivity contribution in [3.8, 4) is 0 Å². The fourth-order valence-electron chi connectivity index (χ4n) is 1.44. The van der Waals surface area contributed by atoms with Gasteiger partial charge in [-0.15, -0.1) is 0 Å². The van der Waals surface area contributed by atoms with Gasteiger partial charge in [-0.25, -0.2) is 0 Å². The van der Waals surface area contributed by atoms with Gasteiger partial charge >= 0.3 is 0 Å². The third-order valence-corrected chi connectivity index (χ3v) is 3.37. The lowest BCUT2D eigenvalue weighted by Gasteiger charge is -2.33. The molecule has 1 saturated heterocycles. The highest BCUT2D eigenvalue weighted by atomic mass is 31.2. The van der Waals surface area contributed by atoms with E-state index in [1.165, 1.54) is 36.8 Å². The van der Waals surface area contributed by atoms with Crippen LogP contribution in [0.5, 0.6) is 0 Å².